The number of amides is 1. The highest BCUT2D eigenvalue weighted by Crippen LogP contribution is 2.32. The maximum absolute atomic E-state index is 12.5. The summed E-state index contributed by atoms with van der Waals surface area (Å²) in [6.07, 6.45) is 0. The normalized spacial score (nSPS) is 15.4. The third kappa shape index (κ3) is 3.91. The Balaban J connectivity index is 1.48. The second kappa shape index (κ2) is 7.85. The lowest BCUT2D eigenvalue weighted by molar-refractivity contribution is 0.0949. The fourth-order valence-corrected chi connectivity index (χ4v) is 2.88. The molecule has 1 aromatic carbocycles. The van der Waals surface area contributed by atoms with Gasteiger partial charge in [0.1, 0.15) is 0 Å². The highest BCUT2D eigenvalue weighted by Gasteiger charge is 2.19. The van der Waals surface area contributed by atoms with Crippen LogP contribution in [-0.2, 0) is 11.3 Å². The Morgan fingerprint density at radius 2 is 1.93 bits per heavy atom. The number of morpholine rings is 1. The Bertz CT molecular complexity index is 869. The monoisotopic (exact) mass is 386 g/mol. The SMILES string of the molecule is CN(C)c1nc(CNC(=O)c2ccc3c(c2)OCO3)nc(N2CCOCC2)n1. The van der Waals surface area contributed by atoms with Crippen LogP contribution in [0.25, 0.3) is 0 Å². The van der Waals surface area contributed by atoms with Crippen LogP contribution in [0.4, 0.5) is 11.9 Å². The quantitative estimate of drug-likeness (QED) is 0.784. The highest BCUT2D eigenvalue weighted by atomic mass is 16.7. The number of nitrogens with zero attached hydrogens (tertiary/aromatic N) is 5. The van der Waals surface area contributed by atoms with Crippen molar-refractivity contribution in [1.82, 2.24) is 20.3 Å². The maximum atomic E-state index is 12.5. The Labute approximate surface area is 162 Å². The molecule has 3 heterocycles. The van der Waals surface area contributed by atoms with E-state index in [1.807, 2.05) is 19.0 Å². The number of anilines is 2. The predicted molar refractivity (Wildman–Crippen MR) is 101 cm³/mol. The van der Waals surface area contributed by atoms with Gasteiger partial charge in [-0.2, -0.15) is 15.0 Å². The molecule has 0 spiro atoms. The molecule has 2 aliphatic heterocycles. The van der Waals surface area contributed by atoms with Crippen molar-refractivity contribution in [2.24, 2.45) is 0 Å². The lowest BCUT2D eigenvalue weighted by atomic mass is 10.2. The summed E-state index contributed by atoms with van der Waals surface area (Å²) in [7, 11) is 3.74. The molecule has 0 aliphatic carbocycles. The van der Waals surface area contributed by atoms with Crippen LogP contribution in [0.5, 0.6) is 11.5 Å². The van der Waals surface area contributed by atoms with Gasteiger partial charge in [-0.15, -0.1) is 0 Å². The molecule has 28 heavy (non-hydrogen) atoms. The van der Waals surface area contributed by atoms with Crippen LogP contribution < -0.4 is 24.6 Å². The lowest BCUT2D eigenvalue weighted by Gasteiger charge is -2.27. The predicted octanol–water partition coefficient (Wildman–Crippen LogP) is 0.433. The van der Waals surface area contributed by atoms with E-state index >= 15 is 0 Å². The second-order valence-electron chi connectivity index (χ2n) is 6.60. The van der Waals surface area contributed by atoms with E-state index in [2.05, 4.69) is 25.2 Å². The molecule has 1 fully saturated rings. The van der Waals surface area contributed by atoms with Gasteiger partial charge < -0.3 is 29.3 Å². The summed E-state index contributed by atoms with van der Waals surface area (Å²) in [6.45, 7) is 3.08. The first-order chi connectivity index (χ1) is 13.6. The number of hydrogen-bond donors (Lipinski definition) is 1. The van der Waals surface area contributed by atoms with E-state index in [0.29, 0.717) is 48.0 Å². The fraction of sp³-hybridized carbons (Fsp3) is 0.444. The van der Waals surface area contributed by atoms with Gasteiger partial charge in [0.25, 0.3) is 5.91 Å². The molecular weight excluding hydrogens is 364 g/mol. The molecule has 1 aromatic heterocycles. The summed E-state index contributed by atoms with van der Waals surface area (Å²) >= 11 is 0. The number of carbonyl (C=O) groups is 1. The minimum absolute atomic E-state index is 0.170. The van der Waals surface area contributed by atoms with Crippen molar-refractivity contribution in [3.05, 3.63) is 29.6 Å². The third-order valence-electron chi connectivity index (χ3n) is 4.39. The molecule has 4 rings (SSSR count). The van der Waals surface area contributed by atoms with Gasteiger partial charge in [-0.3, -0.25) is 4.79 Å². The summed E-state index contributed by atoms with van der Waals surface area (Å²) in [5.41, 5.74) is 0.486. The van der Waals surface area contributed by atoms with Gasteiger partial charge in [-0.25, -0.2) is 0 Å². The maximum Gasteiger partial charge on any atom is 0.251 e. The van der Waals surface area contributed by atoms with Crippen LogP contribution >= 0.6 is 0 Å². The van der Waals surface area contributed by atoms with E-state index < -0.39 is 0 Å². The number of fused-ring (bicyclic) bond motifs is 1. The van der Waals surface area contributed by atoms with E-state index in [9.17, 15) is 4.79 Å². The van der Waals surface area contributed by atoms with E-state index in [4.69, 9.17) is 14.2 Å². The molecule has 10 nitrogen and oxygen atoms in total. The average molecular weight is 386 g/mol. The summed E-state index contributed by atoms with van der Waals surface area (Å²) in [4.78, 5) is 29.9. The smallest absolute Gasteiger partial charge is 0.251 e. The molecule has 148 valence electrons. The topological polar surface area (TPSA) is 102 Å². The van der Waals surface area contributed by atoms with Crippen molar-refractivity contribution in [2.45, 2.75) is 6.54 Å². The zero-order valence-electron chi connectivity index (χ0n) is 15.8. The molecule has 0 saturated carbocycles. The first-order valence-electron chi connectivity index (χ1n) is 9.03. The van der Waals surface area contributed by atoms with E-state index in [1.165, 1.54) is 0 Å². The van der Waals surface area contributed by atoms with Crippen molar-refractivity contribution in [1.29, 1.82) is 0 Å². The highest BCUT2D eigenvalue weighted by molar-refractivity contribution is 5.94. The van der Waals surface area contributed by atoms with Crippen LogP contribution in [0, 0.1) is 0 Å². The summed E-state index contributed by atoms with van der Waals surface area (Å²) in [6, 6.07) is 5.08. The summed E-state index contributed by atoms with van der Waals surface area (Å²) in [5.74, 6) is 2.60. The van der Waals surface area contributed by atoms with E-state index in [-0.39, 0.29) is 19.2 Å². The van der Waals surface area contributed by atoms with Crippen LogP contribution in [0.15, 0.2) is 18.2 Å². The fourth-order valence-electron chi connectivity index (χ4n) is 2.88. The van der Waals surface area contributed by atoms with Gasteiger partial charge in [-0.05, 0) is 18.2 Å². The van der Waals surface area contributed by atoms with E-state index in [1.54, 1.807) is 18.2 Å². The Hall–Kier alpha value is -3.14. The number of hydrogen-bond acceptors (Lipinski definition) is 9. The third-order valence-corrected chi connectivity index (χ3v) is 4.39. The minimum Gasteiger partial charge on any atom is -0.454 e. The lowest BCUT2D eigenvalue weighted by Crippen LogP contribution is -2.38. The first kappa shape index (κ1) is 18.2. The van der Waals surface area contributed by atoms with Crippen molar-refractivity contribution in [2.75, 3.05) is 57.0 Å². The number of carbonyl (C=O) groups excluding carboxylic acids is 1. The Morgan fingerprint density at radius 3 is 2.71 bits per heavy atom. The Morgan fingerprint density at radius 1 is 1.14 bits per heavy atom. The van der Waals surface area contributed by atoms with Gasteiger partial charge in [0, 0.05) is 32.7 Å². The molecule has 1 saturated heterocycles. The number of ether oxygens (including phenoxy) is 3. The molecular formula is C18H22N6O4. The molecule has 2 aromatic rings. The molecule has 1 N–H and O–H groups in total. The first-order valence-corrected chi connectivity index (χ1v) is 9.03. The zero-order valence-corrected chi connectivity index (χ0v) is 15.8. The van der Waals surface area contributed by atoms with Crippen LogP contribution in [-0.4, -0.2) is 68.1 Å². The van der Waals surface area contributed by atoms with Crippen LogP contribution in [0.3, 0.4) is 0 Å². The molecule has 0 bridgehead atoms. The van der Waals surface area contributed by atoms with Crippen molar-refractivity contribution in [3.8, 4) is 11.5 Å². The number of benzene rings is 1. The van der Waals surface area contributed by atoms with Gasteiger partial charge in [-0.1, -0.05) is 0 Å². The largest absolute Gasteiger partial charge is 0.454 e. The van der Waals surface area contributed by atoms with Gasteiger partial charge in [0.2, 0.25) is 18.7 Å². The van der Waals surface area contributed by atoms with Crippen LogP contribution in [0.1, 0.15) is 16.2 Å². The number of aromatic nitrogens is 3. The van der Waals surface area contributed by atoms with Gasteiger partial charge in [0.05, 0.1) is 19.8 Å². The zero-order chi connectivity index (χ0) is 19.5. The van der Waals surface area contributed by atoms with Crippen molar-refractivity contribution in [3.63, 3.8) is 0 Å². The minimum atomic E-state index is -0.238. The van der Waals surface area contributed by atoms with Crippen LogP contribution in [0.2, 0.25) is 0 Å². The molecule has 0 radical (unpaired) electrons. The van der Waals surface area contributed by atoms with Gasteiger partial charge >= 0.3 is 0 Å². The Kier molecular flexibility index (Phi) is 5.11. The standard InChI is InChI=1S/C18H22N6O4/c1-23(2)17-20-15(21-18(22-17)24-5-7-26-8-6-24)10-19-16(25)12-3-4-13-14(9-12)28-11-27-13/h3-4,9H,5-8,10-11H2,1-2H3,(H,19,25). The summed E-state index contributed by atoms with van der Waals surface area (Å²) in [5, 5.41) is 2.85. The van der Waals surface area contributed by atoms with E-state index in [0.717, 1.165) is 13.1 Å². The molecule has 10 heteroatoms. The summed E-state index contributed by atoms with van der Waals surface area (Å²) < 4.78 is 16.0. The second-order valence-corrected chi connectivity index (χ2v) is 6.60. The molecule has 0 unspecified atom stereocenters. The van der Waals surface area contributed by atoms with Crippen molar-refractivity contribution >= 4 is 17.8 Å². The molecule has 0 atom stereocenters. The van der Waals surface area contributed by atoms with Crippen molar-refractivity contribution < 1.29 is 19.0 Å². The van der Waals surface area contributed by atoms with Gasteiger partial charge in [0.15, 0.2) is 17.3 Å². The number of rotatable bonds is 5. The molecule has 1 amide bonds. The molecule has 2 aliphatic rings. The average Bonchev–Trinajstić information content (AvgIpc) is 3.20. The number of nitrogens with one attached hydrogen (secondary N) is 1.